The maximum atomic E-state index is 10.9. The van der Waals surface area contributed by atoms with Crippen molar-refractivity contribution in [1.29, 1.82) is 0 Å². The molecule has 0 radical (unpaired) electrons. The quantitative estimate of drug-likeness (QED) is 0.472. The molecule has 1 heterocycles. The van der Waals surface area contributed by atoms with Crippen molar-refractivity contribution in [2.24, 2.45) is 0 Å². The highest BCUT2D eigenvalue weighted by molar-refractivity contribution is 5.74. The van der Waals surface area contributed by atoms with E-state index >= 15 is 0 Å². The van der Waals surface area contributed by atoms with Gasteiger partial charge in [0.25, 0.3) is 0 Å². The summed E-state index contributed by atoms with van der Waals surface area (Å²) in [6.07, 6.45) is 3.33. The molecule has 0 saturated heterocycles. The van der Waals surface area contributed by atoms with E-state index in [0.29, 0.717) is 17.6 Å². The first-order valence-electron chi connectivity index (χ1n) is 5.54. The van der Waals surface area contributed by atoms with Gasteiger partial charge in [-0.1, -0.05) is 0 Å². The first-order chi connectivity index (χ1) is 9.63. The van der Waals surface area contributed by atoms with Gasteiger partial charge in [0.2, 0.25) is 5.75 Å². The van der Waals surface area contributed by atoms with Crippen molar-refractivity contribution < 1.29 is 19.2 Å². The van der Waals surface area contributed by atoms with Crippen LogP contribution >= 0.6 is 0 Å². The number of nitrogens with zero attached hydrogens (tertiary/aromatic N) is 2. The predicted octanol–water partition coefficient (Wildman–Crippen LogP) is 2.60. The first kappa shape index (κ1) is 13.5. The molecule has 7 heteroatoms. The Bertz CT molecular complexity index is 657. The molecule has 0 spiro atoms. The summed E-state index contributed by atoms with van der Waals surface area (Å²) >= 11 is 0. The van der Waals surface area contributed by atoms with Crippen LogP contribution in [0.2, 0.25) is 0 Å². The summed E-state index contributed by atoms with van der Waals surface area (Å²) < 4.78 is 10.4. The summed E-state index contributed by atoms with van der Waals surface area (Å²) in [5.74, 6) is 0.662. The summed E-state index contributed by atoms with van der Waals surface area (Å²) in [5.41, 5.74) is 0.107. The molecule has 0 fully saturated rings. The molecule has 0 aliphatic heterocycles. The van der Waals surface area contributed by atoms with Gasteiger partial charge in [-0.05, 0) is 12.1 Å². The zero-order chi connectivity index (χ0) is 14.5. The van der Waals surface area contributed by atoms with Crippen LogP contribution in [0.1, 0.15) is 10.4 Å². The zero-order valence-corrected chi connectivity index (χ0v) is 10.5. The van der Waals surface area contributed by atoms with Crippen LogP contribution in [-0.2, 0) is 0 Å². The van der Waals surface area contributed by atoms with Crippen LogP contribution in [0, 0.1) is 10.1 Å². The molecule has 0 bridgehead atoms. The highest BCUT2D eigenvalue weighted by Gasteiger charge is 2.17. The third kappa shape index (κ3) is 2.89. The van der Waals surface area contributed by atoms with Crippen LogP contribution in [0.25, 0.3) is 0 Å². The van der Waals surface area contributed by atoms with Crippen molar-refractivity contribution in [2.45, 2.75) is 0 Å². The lowest BCUT2D eigenvalue weighted by molar-refractivity contribution is -0.385. The Morgan fingerprint density at radius 2 is 2.05 bits per heavy atom. The summed E-state index contributed by atoms with van der Waals surface area (Å²) in [6, 6.07) is 5.57. The monoisotopic (exact) mass is 274 g/mol. The molecule has 0 saturated carbocycles. The number of hydrogen-bond donors (Lipinski definition) is 0. The molecule has 0 aliphatic carbocycles. The number of methoxy groups -OCH3 is 1. The number of carbonyl (C=O) groups is 1. The van der Waals surface area contributed by atoms with Crippen molar-refractivity contribution in [3.8, 4) is 17.2 Å². The smallest absolute Gasteiger partial charge is 0.311 e. The number of carbonyl (C=O) groups excluding carboxylic acids is 1. The highest BCUT2D eigenvalue weighted by atomic mass is 16.6. The molecule has 0 atom stereocenters. The van der Waals surface area contributed by atoms with Gasteiger partial charge in [-0.15, -0.1) is 0 Å². The molecule has 7 nitrogen and oxygen atoms in total. The van der Waals surface area contributed by atoms with E-state index < -0.39 is 4.92 Å². The van der Waals surface area contributed by atoms with E-state index in [1.165, 1.54) is 43.8 Å². The Morgan fingerprint density at radius 3 is 2.70 bits per heavy atom. The van der Waals surface area contributed by atoms with Gasteiger partial charge in [-0.25, -0.2) is 0 Å². The predicted molar refractivity (Wildman–Crippen MR) is 69.3 cm³/mol. The average Bonchev–Trinajstić information content (AvgIpc) is 2.47. The first-order valence-corrected chi connectivity index (χ1v) is 5.54. The number of hydrogen-bond acceptors (Lipinski definition) is 6. The fraction of sp³-hybridized carbons (Fsp3) is 0.0769. The lowest BCUT2D eigenvalue weighted by atomic mass is 10.2. The third-order valence-corrected chi connectivity index (χ3v) is 2.46. The van der Waals surface area contributed by atoms with Gasteiger partial charge in [-0.3, -0.25) is 19.9 Å². The molecule has 0 unspecified atom stereocenters. The zero-order valence-electron chi connectivity index (χ0n) is 10.5. The largest absolute Gasteiger partial charge is 0.497 e. The van der Waals surface area contributed by atoms with E-state index in [4.69, 9.17) is 9.47 Å². The van der Waals surface area contributed by atoms with E-state index in [0.717, 1.165) is 0 Å². The molecule has 20 heavy (non-hydrogen) atoms. The summed E-state index contributed by atoms with van der Waals surface area (Å²) in [6.45, 7) is 0. The minimum Gasteiger partial charge on any atom is -0.497 e. The molecule has 2 rings (SSSR count). The number of benzene rings is 1. The van der Waals surface area contributed by atoms with Gasteiger partial charge >= 0.3 is 5.69 Å². The van der Waals surface area contributed by atoms with Gasteiger partial charge in [0.05, 0.1) is 18.2 Å². The van der Waals surface area contributed by atoms with Crippen LogP contribution < -0.4 is 9.47 Å². The molecular formula is C13H10N2O5. The van der Waals surface area contributed by atoms with E-state index in [1.54, 1.807) is 0 Å². The topological polar surface area (TPSA) is 91.6 Å². The summed E-state index contributed by atoms with van der Waals surface area (Å²) in [7, 11) is 1.44. The van der Waals surface area contributed by atoms with Gasteiger partial charge < -0.3 is 9.47 Å². The lowest BCUT2D eigenvalue weighted by Crippen LogP contribution is -1.95. The van der Waals surface area contributed by atoms with Crippen LogP contribution in [0.4, 0.5) is 5.69 Å². The summed E-state index contributed by atoms with van der Waals surface area (Å²) in [5, 5.41) is 10.9. The number of nitro benzene ring substituents is 1. The van der Waals surface area contributed by atoms with Crippen molar-refractivity contribution in [3.05, 3.63) is 52.3 Å². The van der Waals surface area contributed by atoms with Crippen LogP contribution in [0.5, 0.6) is 17.2 Å². The molecule has 2 aromatic rings. The van der Waals surface area contributed by atoms with Crippen molar-refractivity contribution >= 4 is 12.0 Å². The molecule has 0 amide bonds. The number of rotatable bonds is 5. The third-order valence-electron chi connectivity index (χ3n) is 2.46. The fourth-order valence-electron chi connectivity index (χ4n) is 1.54. The second-order valence-corrected chi connectivity index (χ2v) is 3.76. The summed E-state index contributed by atoms with van der Waals surface area (Å²) in [4.78, 5) is 24.9. The number of aldehydes is 1. The lowest BCUT2D eigenvalue weighted by Gasteiger charge is -2.08. The Labute approximate surface area is 113 Å². The Hall–Kier alpha value is -2.96. The van der Waals surface area contributed by atoms with Gasteiger partial charge in [0.1, 0.15) is 11.5 Å². The minimum atomic E-state index is -0.564. The van der Waals surface area contributed by atoms with Gasteiger partial charge in [0, 0.05) is 23.9 Å². The number of nitro groups is 1. The van der Waals surface area contributed by atoms with Gasteiger partial charge in [-0.2, -0.15) is 0 Å². The number of aromatic nitrogens is 1. The Kier molecular flexibility index (Phi) is 3.90. The van der Waals surface area contributed by atoms with Gasteiger partial charge in [0.15, 0.2) is 6.29 Å². The Balaban J connectivity index is 2.40. The maximum Gasteiger partial charge on any atom is 0.311 e. The van der Waals surface area contributed by atoms with Crippen LogP contribution in [0.3, 0.4) is 0 Å². The second-order valence-electron chi connectivity index (χ2n) is 3.76. The van der Waals surface area contributed by atoms with Crippen LogP contribution in [-0.4, -0.2) is 23.3 Å². The molecular weight excluding hydrogens is 264 g/mol. The molecule has 1 aromatic carbocycles. The average molecular weight is 274 g/mol. The number of pyridine rings is 1. The highest BCUT2D eigenvalue weighted by Crippen LogP contribution is 2.34. The minimum absolute atomic E-state index is 0.0131. The fourth-order valence-corrected chi connectivity index (χ4v) is 1.54. The van der Waals surface area contributed by atoms with E-state index in [1.807, 2.05) is 0 Å². The maximum absolute atomic E-state index is 10.9. The standard InChI is InChI=1S/C13H10N2O5/c1-19-10-2-3-12(15(17)18)13(5-10)20-11-4-9(8-16)6-14-7-11/h2-8H,1H3. The molecule has 1 aromatic heterocycles. The van der Waals surface area contributed by atoms with Crippen LogP contribution in [0.15, 0.2) is 36.7 Å². The Morgan fingerprint density at radius 1 is 1.25 bits per heavy atom. The second kappa shape index (κ2) is 5.79. The molecule has 102 valence electrons. The SMILES string of the molecule is COc1ccc([N+](=O)[O-])c(Oc2cncc(C=O)c2)c1. The molecule has 0 N–H and O–H groups in total. The van der Waals surface area contributed by atoms with E-state index in [-0.39, 0.29) is 17.2 Å². The van der Waals surface area contributed by atoms with Crippen molar-refractivity contribution in [2.75, 3.05) is 7.11 Å². The van der Waals surface area contributed by atoms with Crippen molar-refractivity contribution in [3.63, 3.8) is 0 Å². The number of ether oxygens (including phenoxy) is 2. The van der Waals surface area contributed by atoms with E-state index in [9.17, 15) is 14.9 Å². The van der Waals surface area contributed by atoms with E-state index in [2.05, 4.69) is 4.98 Å². The van der Waals surface area contributed by atoms with Crippen molar-refractivity contribution in [1.82, 2.24) is 4.98 Å². The normalized spacial score (nSPS) is 9.85. The molecule has 0 aliphatic rings.